The number of nitrogen functional groups attached to an aromatic ring is 1. The van der Waals surface area contributed by atoms with E-state index < -0.39 is 0 Å². The predicted octanol–water partition coefficient (Wildman–Crippen LogP) is 2.57. The van der Waals surface area contributed by atoms with Crippen molar-refractivity contribution < 1.29 is 0 Å². The van der Waals surface area contributed by atoms with Crippen LogP contribution < -0.4 is 5.73 Å². The summed E-state index contributed by atoms with van der Waals surface area (Å²) in [6.07, 6.45) is 3.05. The highest BCUT2D eigenvalue weighted by atomic mass is 35.5. The van der Waals surface area contributed by atoms with Gasteiger partial charge in [0.1, 0.15) is 22.2 Å². The molecule has 2 heterocycles. The summed E-state index contributed by atoms with van der Waals surface area (Å²) in [5.41, 5.74) is 6.56. The molecule has 2 rings (SSSR count). The summed E-state index contributed by atoms with van der Waals surface area (Å²) in [6, 6.07) is 3.63. The minimum absolute atomic E-state index is 0.492. The van der Waals surface area contributed by atoms with E-state index in [0.29, 0.717) is 10.8 Å². The Kier molecular flexibility index (Phi) is 3.26. The Hall–Kier alpha value is -1.33. The Morgan fingerprint density at radius 3 is 2.75 bits per heavy atom. The molecule has 2 N–H and O–H groups in total. The van der Waals surface area contributed by atoms with Gasteiger partial charge >= 0.3 is 0 Å². The van der Waals surface area contributed by atoms with Gasteiger partial charge in [-0.15, -0.1) is 0 Å². The highest BCUT2D eigenvalue weighted by Gasteiger charge is 2.06. The fourth-order valence-corrected chi connectivity index (χ4v) is 1.98. The lowest BCUT2D eigenvalue weighted by molar-refractivity contribution is 1.00. The normalized spacial score (nSPS) is 10.4. The van der Waals surface area contributed by atoms with Crippen molar-refractivity contribution in [1.82, 2.24) is 15.0 Å². The van der Waals surface area contributed by atoms with Crippen molar-refractivity contribution in [3.8, 4) is 0 Å². The first-order valence-corrected chi connectivity index (χ1v) is 5.73. The second kappa shape index (κ2) is 4.67. The first-order chi connectivity index (χ1) is 7.66. The molecule has 0 unspecified atom stereocenters. The molecule has 6 heteroatoms. The Bertz CT molecular complexity index is 501. The zero-order chi connectivity index (χ0) is 11.5. The molecule has 0 aromatic carbocycles. The summed E-state index contributed by atoms with van der Waals surface area (Å²) in [5.74, 6) is 0.492. The minimum Gasteiger partial charge on any atom is -0.383 e. The molecule has 0 saturated carbocycles. The summed E-state index contributed by atoms with van der Waals surface area (Å²) in [6.45, 7) is 1.88. The molecule has 82 valence electrons. The molecular weight excluding hydrogens is 244 g/mol. The monoisotopic (exact) mass is 252 g/mol. The first kappa shape index (κ1) is 11.2. The van der Waals surface area contributed by atoms with Gasteiger partial charge < -0.3 is 5.73 Å². The molecule has 0 aliphatic heterocycles. The van der Waals surface area contributed by atoms with Crippen LogP contribution in [0.4, 0.5) is 5.82 Å². The molecule has 2 aromatic rings. The minimum atomic E-state index is 0.492. The van der Waals surface area contributed by atoms with Gasteiger partial charge in [0.25, 0.3) is 0 Å². The summed E-state index contributed by atoms with van der Waals surface area (Å²) >= 11 is 7.19. The highest BCUT2D eigenvalue weighted by Crippen LogP contribution is 2.28. The molecule has 0 fully saturated rings. The molecule has 2 aromatic heterocycles. The van der Waals surface area contributed by atoms with Crippen molar-refractivity contribution in [3.63, 3.8) is 0 Å². The largest absolute Gasteiger partial charge is 0.383 e. The lowest BCUT2D eigenvalue weighted by Crippen LogP contribution is -1.97. The van der Waals surface area contributed by atoms with Crippen molar-refractivity contribution in [1.29, 1.82) is 0 Å². The third kappa shape index (κ3) is 2.43. The Morgan fingerprint density at radius 1 is 1.25 bits per heavy atom. The van der Waals surface area contributed by atoms with Gasteiger partial charge in [0, 0.05) is 11.8 Å². The van der Waals surface area contributed by atoms with E-state index in [1.54, 1.807) is 12.3 Å². The van der Waals surface area contributed by atoms with E-state index in [4.69, 9.17) is 17.3 Å². The van der Waals surface area contributed by atoms with E-state index in [2.05, 4.69) is 15.0 Å². The van der Waals surface area contributed by atoms with Gasteiger partial charge in [-0.1, -0.05) is 11.6 Å². The van der Waals surface area contributed by atoms with Crippen molar-refractivity contribution in [2.45, 2.75) is 17.0 Å². The van der Waals surface area contributed by atoms with Gasteiger partial charge in [0.05, 0.1) is 5.02 Å². The van der Waals surface area contributed by atoms with Crippen LogP contribution in [-0.2, 0) is 0 Å². The number of halogens is 1. The van der Waals surface area contributed by atoms with Gasteiger partial charge in [-0.25, -0.2) is 15.0 Å². The number of nitrogens with zero attached hydrogens (tertiary/aromatic N) is 3. The molecule has 0 bridgehead atoms. The van der Waals surface area contributed by atoms with Crippen LogP contribution in [0.5, 0.6) is 0 Å². The van der Waals surface area contributed by atoms with Crippen LogP contribution in [0.3, 0.4) is 0 Å². The van der Waals surface area contributed by atoms with Gasteiger partial charge in [-0.05, 0) is 30.8 Å². The number of aromatic nitrogens is 3. The average Bonchev–Trinajstić information content (AvgIpc) is 2.28. The Balaban J connectivity index is 2.27. The second-order valence-corrected chi connectivity index (χ2v) is 4.55. The highest BCUT2D eigenvalue weighted by molar-refractivity contribution is 7.99. The lowest BCUT2D eigenvalue weighted by atomic mass is 10.4. The predicted molar refractivity (Wildman–Crippen MR) is 64.6 cm³/mol. The fraction of sp³-hybridized carbons (Fsp3) is 0.100. The molecule has 16 heavy (non-hydrogen) atoms. The van der Waals surface area contributed by atoms with E-state index in [-0.39, 0.29) is 0 Å². The molecule has 0 radical (unpaired) electrons. The van der Waals surface area contributed by atoms with Crippen molar-refractivity contribution in [2.75, 3.05) is 5.73 Å². The number of nitrogens with two attached hydrogens (primary N) is 1. The van der Waals surface area contributed by atoms with Gasteiger partial charge in [0.15, 0.2) is 0 Å². The molecule has 0 spiro atoms. The van der Waals surface area contributed by atoms with Crippen LogP contribution in [-0.4, -0.2) is 15.0 Å². The van der Waals surface area contributed by atoms with Gasteiger partial charge in [-0.2, -0.15) is 0 Å². The van der Waals surface area contributed by atoms with E-state index in [1.165, 1.54) is 18.1 Å². The molecule has 0 saturated heterocycles. The quantitative estimate of drug-likeness (QED) is 0.833. The summed E-state index contributed by atoms with van der Waals surface area (Å²) in [7, 11) is 0. The summed E-state index contributed by atoms with van der Waals surface area (Å²) < 4.78 is 0. The third-order valence-corrected chi connectivity index (χ3v) is 3.26. The van der Waals surface area contributed by atoms with Gasteiger partial charge in [-0.3, -0.25) is 0 Å². The molecule has 4 nitrogen and oxygen atoms in total. The second-order valence-electron chi connectivity index (χ2n) is 3.11. The SMILES string of the molecule is Cc1c(N)ncnc1Sc1ccc(Cl)cn1. The zero-order valence-corrected chi connectivity index (χ0v) is 10.1. The topological polar surface area (TPSA) is 64.7 Å². The number of rotatable bonds is 2. The third-order valence-electron chi connectivity index (χ3n) is 1.98. The maximum Gasteiger partial charge on any atom is 0.130 e. The smallest absolute Gasteiger partial charge is 0.130 e. The maximum atomic E-state index is 5.75. The number of pyridine rings is 1. The standard InChI is InChI=1S/C10H9ClN4S/c1-6-9(12)14-5-15-10(6)16-8-3-2-7(11)4-13-8/h2-5H,1H3,(H2,12,14,15). The van der Waals surface area contributed by atoms with E-state index in [1.807, 2.05) is 13.0 Å². The fourth-order valence-electron chi connectivity index (χ4n) is 1.07. The van der Waals surface area contributed by atoms with Gasteiger partial charge in [0.2, 0.25) is 0 Å². The first-order valence-electron chi connectivity index (χ1n) is 4.53. The van der Waals surface area contributed by atoms with E-state index in [0.717, 1.165) is 15.6 Å². The number of anilines is 1. The maximum absolute atomic E-state index is 5.75. The lowest BCUT2D eigenvalue weighted by Gasteiger charge is -2.04. The molecule has 0 aliphatic rings. The zero-order valence-electron chi connectivity index (χ0n) is 8.51. The summed E-state index contributed by atoms with van der Waals surface area (Å²) in [4.78, 5) is 12.2. The average molecular weight is 253 g/mol. The van der Waals surface area contributed by atoms with Crippen LogP contribution in [0.25, 0.3) is 0 Å². The Labute approximate surface area is 102 Å². The number of hydrogen-bond acceptors (Lipinski definition) is 5. The molecule has 0 aliphatic carbocycles. The van der Waals surface area contributed by atoms with Crippen LogP contribution in [0.1, 0.15) is 5.56 Å². The summed E-state index contributed by atoms with van der Waals surface area (Å²) in [5, 5.41) is 2.25. The van der Waals surface area contributed by atoms with Crippen LogP contribution in [0.15, 0.2) is 34.7 Å². The molecule has 0 amide bonds. The van der Waals surface area contributed by atoms with Crippen molar-refractivity contribution >= 4 is 29.2 Å². The van der Waals surface area contributed by atoms with Crippen molar-refractivity contribution in [2.24, 2.45) is 0 Å². The molecular formula is C10H9ClN4S. The van der Waals surface area contributed by atoms with E-state index >= 15 is 0 Å². The van der Waals surface area contributed by atoms with E-state index in [9.17, 15) is 0 Å². The Morgan fingerprint density at radius 2 is 2.06 bits per heavy atom. The number of hydrogen-bond donors (Lipinski definition) is 1. The molecule has 0 atom stereocenters. The van der Waals surface area contributed by atoms with Crippen LogP contribution in [0, 0.1) is 6.92 Å². The van der Waals surface area contributed by atoms with Crippen molar-refractivity contribution in [3.05, 3.63) is 35.2 Å². The van der Waals surface area contributed by atoms with Crippen LogP contribution in [0.2, 0.25) is 5.02 Å². The van der Waals surface area contributed by atoms with Crippen LogP contribution >= 0.6 is 23.4 Å².